The molecular weight excluding hydrogens is 421 g/mol. The van der Waals surface area contributed by atoms with Crippen LogP contribution in [0.5, 0.6) is 11.6 Å². The van der Waals surface area contributed by atoms with Gasteiger partial charge in [-0.1, -0.05) is 24.3 Å². The predicted molar refractivity (Wildman–Crippen MR) is 123 cm³/mol. The van der Waals surface area contributed by atoms with Gasteiger partial charge in [0.15, 0.2) is 5.82 Å². The van der Waals surface area contributed by atoms with Gasteiger partial charge in [0.2, 0.25) is 11.6 Å². The maximum atomic E-state index is 15.9. The van der Waals surface area contributed by atoms with E-state index in [0.717, 1.165) is 5.70 Å². The smallest absolute Gasteiger partial charge is 0.267 e. The van der Waals surface area contributed by atoms with Gasteiger partial charge in [0.25, 0.3) is 5.84 Å². The van der Waals surface area contributed by atoms with E-state index in [4.69, 9.17) is 15.6 Å². The maximum Gasteiger partial charge on any atom is 0.267 e. The molecule has 3 aliphatic rings. The highest BCUT2D eigenvalue weighted by atomic mass is 19.1. The van der Waals surface area contributed by atoms with E-state index in [1.165, 1.54) is 0 Å². The van der Waals surface area contributed by atoms with Crippen molar-refractivity contribution in [2.45, 2.75) is 18.9 Å². The molecule has 0 bridgehead atoms. The Hall–Kier alpha value is -3.72. The van der Waals surface area contributed by atoms with E-state index >= 15 is 4.39 Å². The molecule has 1 fully saturated rings. The van der Waals surface area contributed by atoms with Gasteiger partial charge in [-0.25, -0.2) is 9.37 Å². The fourth-order valence-corrected chi connectivity index (χ4v) is 4.47. The van der Waals surface area contributed by atoms with Crippen molar-refractivity contribution in [3.05, 3.63) is 89.8 Å². The van der Waals surface area contributed by atoms with Crippen molar-refractivity contribution < 1.29 is 18.8 Å². The number of aromatic nitrogens is 1. The molecule has 8 heteroatoms. The number of nitrogens with zero attached hydrogens (tertiary/aromatic N) is 4. The molecule has 3 N–H and O–H groups in total. The molecule has 1 atom stereocenters. The standard InChI is InChI=1S/C25H21FN5O2/c26-22-19(8-6-15-7-9-21(29-24(15)22)33-18-4-2-1-3-5-18)25-30-23(16-12-17(32)13-16)20-14-28-10-11-31(20,25)27/h1-11,14,16-17,32H,12-13,27H2/q+1. The summed E-state index contributed by atoms with van der Waals surface area (Å²) < 4.78 is 21.4. The summed E-state index contributed by atoms with van der Waals surface area (Å²) in [5.74, 6) is 7.55. The van der Waals surface area contributed by atoms with Crippen LogP contribution in [0.2, 0.25) is 0 Å². The maximum absolute atomic E-state index is 15.9. The van der Waals surface area contributed by atoms with E-state index < -0.39 is 5.82 Å². The number of benzene rings is 2. The summed E-state index contributed by atoms with van der Waals surface area (Å²) in [6.45, 7) is 0. The van der Waals surface area contributed by atoms with Crippen molar-refractivity contribution in [3.8, 4) is 11.6 Å². The Balaban J connectivity index is 1.43. The number of nitrogens with two attached hydrogens (primary N) is 1. The highest BCUT2D eigenvalue weighted by Crippen LogP contribution is 2.42. The third kappa shape index (κ3) is 3.19. The number of hydrogen-bond acceptors (Lipinski definition) is 6. The third-order valence-corrected chi connectivity index (χ3v) is 6.30. The van der Waals surface area contributed by atoms with Gasteiger partial charge in [-0.15, -0.1) is 4.59 Å². The van der Waals surface area contributed by atoms with Crippen LogP contribution in [0.4, 0.5) is 4.39 Å². The van der Waals surface area contributed by atoms with Gasteiger partial charge >= 0.3 is 0 Å². The first kappa shape index (κ1) is 19.9. The number of fused-ring (bicyclic) bond motifs is 2. The lowest BCUT2D eigenvalue weighted by Gasteiger charge is -2.31. The second-order valence-corrected chi connectivity index (χ2v) is 8.45. The molecule has 2 aromatic carbocycles. The first-order valence-corrected chi connectivity index (χ1v) is 10.8. The van der Waals surface area contributed by atoms with Crippen LogP contribution >= 0.6 is 0 Å². The van der Waals surface area contributed by atoms with Crippen LogP contribution in [-0.2, 0) is 0 Å². The third-order valence-electron chi connectivity index (χ3n) is 6.30. The predicted octanol–water partition coefficient (Wildman–Crippen LogP) is 4.16. The van der Waals surface area contributed by atoms with E-state index in [1.807, 2.05) is 30.3 Å². The van der Waals surface area contributed by atoms with Gasteiger partial charge in [-0.3, -0.25) is 4.99 Å². The number of allylic oxidation sites excluding steroid dienone is 2. The highest BCUT2D eigenvalue weighted by molar-refractivity contribution is 6.03. The summed E-state index contributed by atoms with van der Waals surface area (Å²) in [5.41, 5.74) is 1.89. The summed E-state index contributed by atoms with van der Waals surface area (Å²) in [5, 5.41) is 10.4. The van der Waals surface area contributed by atoms with E-state index in [0.29, 0.717) is 41.4 Å². The summed E-state index contributed by atoms with van der Waals surface area (Å²) in [7, 11) is 0. The molecule has 6 rings (SSSR count). The number of halogens is 1. The zero-order chi connectivity index (χ0) is 22.6. The van der Waals surface area contributed by atoms with E-state index in [2.05, 4.69) is 9.98 Å². The van der Waals surface area contributed by atoms with Crippen molar-refractivity contribution >= 4 is 23.0 Å². The van der Waals surface area contributed by atoms with E-state index in [9.17, 15) is 5.11 Å². The van der Waals surface area contributed by atoms with Gasteiger partial charge in [0.1, 0.15) is 23.2 Å². The highest BCUT2D eigenvalue weighted by Gasteiger charge is 2.48. The molecule has 1 aliphatic carbocycles. The lowest BCUT2D eigenvalue weighted by molar-refractivity contribution is -0.750. The topological polar surface area (TPSA) is 93.1 Å². The minimum absolute atomic E-state index is 0.0685. The van der Waals surface area contributed by atoms with Crippen molar-refractivity contribution in [3.63, 3.8) is 0 Å². The van der Waals surface area contributed by atoms with E-state index in [-0.39, 0.29) is 27.7 Å². The molecule has 3 aromatic rings. The Bertz CT molecular complexity index is 1390. The van der Waals surface area contributed by atoms with Crippen LogP contribution in [0.1, 0.15) is 18.4 Å². The molecule has 2 aliphatic heterocycles. The van der Waals surface area contributed by atoms with Crippen LogP contribution in [0.15, 0.2) is 88.4 Å². The number of rotatable bonds is 4. The molecule has 1 aromatic heterocycles. The Morgan fingerprint density at radius 2 is 1.85 bits per heavy atom. The van der Waals surface area contributed by atoms with Crippen molar-refractivity contribution in [2.24, 2.45) is 21.7 Å². The lowest BCUT2D eigenvalue weighted by atomic mass is 9.79. The molecule has 1 unspecified atom stereocenters. The van der Waals surface area contributed by atoms with Crippen LogP contribution in [0.25, 0.3) is 10.9 Å². The molecule has 3 heterocycles. The van der Waals surface area contributed by atoms with Crippen molar-refractivity contribution in [2.75, 3.05) is 0 Å². The summed E-state index contributed by atoms with van der Waals surface area (Å²) in [6.07, 6.45) is 5.80. The van der Waals surface area contributed by atoms with Gasteiger partial charge in [0.05, 0.1) is 24.1 Å². The Labute approximate surface area is 189 Å². The summed E-state index contributed by atoms with van der Waals surface area (Å²) >= 11 is 0. The van der Waals surface area contributed by atoms with Crippen LogP contribution < -0.4 is 10.6 Å². The SMILES string of the molecule is N[N+]12C=CN=CC1=C(C1CC(O)C1)N=C2c1ccc2ccc(Oc3ccccc3)nc2c1F. The molecular formula is C25H21FN5O2+. The van der Waals surface area contributed by atoms with Crippen LogP contribution in [0.3, 0.4) is 0 Å². The molecule has 0 radical (unpaired) electrons. The average Bonchev–Trinajstić information content (AvgIpc) is 3.11. The molecule has 1 saturated carbocycles. The number of pyridine rings is 1. The first-order chi connectivity index (χ1) is 16.0. The van der Waals surface area contributed by atoms with Gasteiger partial charge < -0.3 is 9.84 Å². The number of hydrogen-bond donors (Lipinski definition) is 2. The minimum atomic E-state index is -0.516. The monoisotopic (exact) mass is 442 g/mol. The Morgan fingerprint density at radius 3 is 2.64 bits per heavy atom. The fourth-order valence-electron chi connectivity index (χ4n) is 4.47. The van der Waals surface area contributed by atoms with Crippen LogP contribution in [-0.4, -0.2) is 32.8 Å². The molecule has 0 amide bonds. The number of aliphatic imine (C=N–C) groups is 2. The number of amidine groups is 1. The normalized spacial score (nSPS) is 25.7. The molecule has 0 saturated heterocycles. The van der Waals surface area contributed by atoms with Gasteiger partial charge in [-0.05, 0) is 37.1 Å². The Kier molecular flexibility index (Phi) is 4.48. The molecule has 33 heavy (non-hydrogen) atoms. The fraction of sp³-hybridized carbons (Fsp3) is 0.160. The van der Waals surface area contributed by atoms with Crippen molar-refractivity contribution in [1.82, 2.24) is 4.98 Å². The largest absolute Gasteiger partial charge is 0.439 e. The number of para-hydroxylation sites is 1. The van der Waals surface area contributed by atoms with E-state index in [1.54, 1.807) is 42.9 Å². The number of aliphatic hydroxyl groups excluding tert-OH is 1. The van der Waals surface area contributed by atoms with Crippen LogP contribution in [0, 0.1) is 11.7 Å². The Morgan fingerprint density at radius 1 is 1.06 bits per heavy atom. The summed E-state index contributed by atoms with van der Waals surface area (Å²) in [6, 6.07) is 16.2. The molecule has 7 nitrogen and oxygen atoms in total. The number of quaternary nitrogens is 1. The van der Waals surface area contributed by atoms with Crippen molar-refractivity contribution in [1.29, 1.82) is 0 Å². The zero-order valence-corrected chi connectivity index (χ0v) is 17.6. The quantitative estimate of drug-likeness (QED) is 0.469. The summed E-state index contributed by atoms with van der Waals surface area (Å²) in [4.78, 5) is 13.4. The molecule has 164 valence electrons. The number of ether oxygens (including phenoxy) is 1. The second-order valence-electron chi connectivity index (χ2n) is 8.45. The molecule has 0 spiro atoms. The minimum Gasteiger partial charge on any atom is -0.439 e. The second kappa shape index (κ2) is 7.41. The zero-order valence-electron chi connectivity index (χ0n) is 17.6. The lowest BCUT2D eigenvalue weighted by Crippen LogP contribution is -2.53. The average molecular weight is 442 g/mol. The first-order valence-electron chi connectivity index (χ1n) is 10.8. The number of aliphatic hydroxyl groups is 1. The van der Waals surface area contributed by atoms with Gasteiger partial charge in [0, 0.05) is 17.4 Å². The van der Waals surface area contributed by atoms with Gasteiger partial charge in [-0.2, -0.15) is 10.8 Å².